The van der Waals surface area contributed by atoms with Crippen LogP contribution in [-0.2, 0) is 4.79 Å². The van der Waals surface area contributed by atoms with Gasteiger partial charge in [0.05, 0.1) is 10.7 Å². The number of benzene rings is 2. The molecule has 5 nitrogen and oxygen atoms in total. The van der Waals surface area contributed by atoms with Gasteiger partial charge in [-0.15, -0.1) is 11.8 Å². The van der Waals surface area contributed by atoms with Crippen molar-refractivity contribution in [1.82, 2.24) is 0 Å². The highest BCUT2D eigenvalue weighted by Gasteiger charge is 2.08. The summed E-state index contributed by atoms with van der Waals surface area (Å²) in [5.74, 6) is -1.99. The summed E-state index contributed by atoms with van der Waals surface area (Å²) in [4.78, 5) is 22.4. The summed E-state index contributed by atoms with van der Waals surface area (Å²) in [5.41, 5.74) is -0.00385. The zero-order valence-corrected chi connectivity index (χ0v) is 11.9. The molecule has 0 aliphatic rings. The Morgan fingerprint density at radius 3 is 2.27 bits per heavy atom. The van der Waals surface area contributed by atoms with E-state index in [4.69, 9.17) is 0 Å². The number of nitrogens with zero attached hydrogens (tertiary/aromatic N) is 1. The average molecular weight is 324 g/mol. The summed E-state index contributed by atoms with van der Waals surface area (Å²) in [6, 6.07) is 8.45. The summed E-state index contributed by atoms with van der Waals surface area (Å²) in [6.45, 7) is 0. The monoisotopic (exact) mass is 324 g/mol. The second-order valence-corrected chi connectivity index (χ2v) is 5.29. The van der Waals surface area contributed by atoms with Crippen LogP contribution in [0.1, 0.15) is 0 Å². The van der Waals surface area contributed by atoms with Crippen LogP contribution in [-0.4, -0.2) is 16.6 Å². The van der Waals surface area contributed by atoms with Crippen molar-refractivity contribution >= 4 is 29.0 Å². The molecule has 22 heavy (non-hydrogen) atoms. The van der Waals surface area contributed by atoms with Crippen LogP contribution in [0.3, 0.4) is 0 Å². The molecule has 0 spiro atoms. The van der Waals surface area contributed by atoms with Crippen molar-refractivity contribution in [3.8, 4) is 0 Å². The van der Waals surface area contributed by atoms with Crippen molar-refractivity contribution in [3.05, 3.63) is 64.2 Å². The first-order chi connectivity index (χ1) is 10.4. The number of anilines is 1. The number of rotatable bonds is 5. The van der Waals surface area contributed by atoms with E-state index in [0.717, 1.165) is 23.9 Å². The van der Waals surface area contributed by atoms with Crippen LogP contribution in [0.25, 0.3) is 0 Å². The fraction of sp³-hybridized carbons (Fsp3) is 0.0714. The number of carbonyl (C=O) groups excluding carboxylic acids is 1. The van der Waals surface area contributed by atoms with Gasteiger partial charge in [0.2, 0.25) is 5.91 Å². The van der Waals surface area contributed by atoms with Gasteiger partial charge in [-0.05, 0) is 24.3 Å². The van der Waals surface area contributed by atoms with Crippen LogP contribution in [0.15, 0.2) is 47.4 Å². The van der Waals surface area contributed by atoms with Crippen molar-refractivity contribution in [2.75, 3.05) is 11.1 Å². The SMILES string of the molecule is O=C(CSc1ccc([N+](=O)[O-])cc1)Nc1cc(F)cc(F)c1. The van der Waals surface area contributed by atoms with Crippen molar-refractivity contribution in [3.63, 3.8) is 0 Å². The van der Waals surface area contributed by atoms with Crippen molar-refractivity contribution in [2.45, 2.75) is 4.90 Å². The Balaban J connectivity index is 1.91. The smallest absolute Gasteiger partial charge is 0.269 e. The number of nitro groups is 1. The molecule has 0 heterocycles. The quantitative estimate of drug-likeness (QED) is 0.518. The second kappa shape index (κ2) is 6.99. The Kier molecular flexibility index (Phi) is 5.05. The van der Waals surface area contributed by atoms with E-state index in [1.165, 1.54) is 24.3 Å². The molecular weight excluding hydrogens is 314 g/mol. The molecule has 114 valence electrons. The predicted octanol–water partition coefficient (Wildman–Crippen LogP) is 3.60. The normalized spacial score (nSPS) is 10.3. The molecule has 2 aromatic carbocycles. The first-order valence-corrected chi connectivity index (χ1v) is 7.06. The van der Waals surface area contributed by atoms with Gasteiger partial charge >= 0.3 is 0 Å². The van der Waals surface area contributed by atoms with E-state index in [1.54, 1.807) is 0 Å². The van der Waals surface area contributed by atoms with Gasteiger partial charge in [0, 0.05) is 28.8 Å². The molecule has 2 aromatic rings. The number of amides is 1. The molecule has 1 N–H and O–H groups in total. The van der Waals surface area contributed by atoms with Crippen LogP contribution < -0.4 is 5.32 Å². The molecule has 0 radical (unpaired) electrons. The standard InChI is InChI=1S/C14H10F2N2O3S/c15-9-5-10(16)7-11(6-9)17-14(19)8-22-13-3-1-12(2-4-13)18(20)21/h1-7H,8H2,(H,17,19). The number of carbonyl (C=O) groups is 1. The summed E-state index contributed by atoms with van der Waals surface area (Å²) in [5, 5.41) is 12.9. The molecule has 2 rings (SSSR count). The molecule has 0 fully saturated rings. The van der Waals surface area contributed by atoms with E-state index in [9.17, 15) is 23.7 Å². The highest BCUT2D eigenvalue weighted by Crippen LogP contribution is 2.21. The number of thioether (sulfide) groups is 1. The lowest BCUT2D eigenvalue weighted by Crippen LogP contribution is -2.14. The first-order valence-electron chi connectivity index (χ1n) is 6.07. The zero-order chi connectivity index (χ0) is 16.1. The van der Waals surface area contributed by atoms with E-state index in [1.807, 2.05) is 0 Å². The summed E-state index contributed by atoms with van der Waals surface area (Å²) < 4.78 is 26.0. The molecule has 0 aliphatic heterocycles. The van der Waals surface area contributed by atoms with Crippen molar-refractivity contribution < 1.29 is 18.5 Å². The van der Waals surface area contributed by atoms with E-state index < -0.39 is 22.5 Å². The molecule has 0 aromatic heterocycles. The number of halogens is 2. The maximum absolute atomic E-state index is 13.0. The maximum Gasteiger partial charge on any atom is 0.269 e. The highest BCUT2D eigenvalue weighted by molar-refractivity contribution is 8.00. The predicted molar refractivity (Wildman–Crippen MR) is 78.8 cm³/mol. The molecule has 1 amide bonds. The third-order valence-corrected chi connectivity index (χ3v) is 3.58. The number of hydrogen-bond donors (Lipinski definition) is 1. The van der Waals surface area contributed by atoms with Crippen molar-refractivity contribution in [2.24, 2.45) is 0 Å². The van der Waals surface area contributed by atoms with Crippen molar-refractivity contribution in [1.29, 1.82) is 0 Å². The summed E-state index contributed by atoms with van der Waals surface area (Å²) in [6.07, 6.45) is 0. The largest absolute Gasteiger partial charge is 0.325 e. The van der Waals surface area contributed by atoms with Crippen LogP contribution in [0.4, 0.5) is 20.2 Å². The Morgan fingerprint density at radius 1 is 1.14 bits per heavy atom. The van der Waals surface area contributed by atoms with Crippen LogP contribution in [0, 0.1) is 21.7 Å². The molecular formula is C14H10F2N2O3S. The molecule has 0 saturated carbocycles. The number of non-ortho nitro benzene ring substituents is 1. The topological polar surface area (TPSA) is 72.2 Å². The Bertz CT molecular complexity index is 687. The highest BCUT2D eigenvalue weighted by atomic mass is 32.2. The van der Waals surface area contributed by atoms with Gasteiger partial charge in [0.25, 0.3) is 5.69 Å². The minimum Gasteiger partial charge on any atom is -0.325 e. The third kappa shape index (κ3) is 4.52. The Morgan fingerprint density at radius 2 is 1.73 bits per heavy atom. The van der Waals surface area contributed by atoms with Gasteiger partial charge < -0.3 is 5.32 Å². The maximum atomic E-state index is 13.0. The molecule has 0 atom stereocenters. The number of hydrogen-bond acceptors (Lipinski definition) is 4. The van der Waals surface area contributed by atoms with Gasteiger partial charge in [-0.3, -0.25) is 14.9 Å². The summed E-state index contributed by atoms with van der Waals surface area (Å²) >= 11 is 1.15. The van der Waals surface area contributed by atoms with Crippen LogP contribution >= 0.6 is 11.8 Å². The van der Waals surface area contributed by atoms with E-state index >= 15 is 0 Å². The second-order valence-electron chi connectivity index (χ2n) is 4.25. The first kappa shape index (κ1) is 15.9. The molecule has 8 heteroatoms. The minimum atomic E-state index is -0.779. The van der Waals surface area contributed by atoms with E-state index in [-0.39, 0.29) is 17.1 Å². The Hall–Kier alpha value is -2.48. The van der Waals surface area contributed by atoms with E-state index in [0.29, 0.717) is 11.0 Å². The number of nitrogens with one attached hydrogen (secondary N) is 1. The fourth-order valence-electron chi connectivity index (χ4n) is 1.64. The molecule has 0 unspecified atom stereocenters. The van der Waals surface area contributed by atoms with Gasteiger partial charge in [-0.1, -0.05) is 0 Å². The van der Waals surface area contributed by atoms with Crippen LogP contribution in [0.2, 0.25) is 0 Å². The molecule has 0 aliphatic carbocycles. The van der Waals surface area contributed by atoms with Gasteiger partial charge in [0.15, 0.2) is 0 Å². The third-order valence-electron chi connectivity index (χ3n) is 2.56. The van der Waals surface area contributed by atoms with Gasteiger partial charge in [-0.2, -0.15) is 0 Å². The van der Waals surface area contributed by atoms with Gasteiger partial charge in [0.1, 0.15) is 11.6 Å². The zero-order valence-electron chi connectivity index (χ0n) is 11.1. The van der Waals surface area contributed by atoms with Crippen LogP contribution in [0.5, 0.6) is 0 Å². The lowest BCUT2D eigenvalue weighted by atomic mass is 10.3. The Labute approximate surface area is 128 Å². The lowest BCUT2D eigenvalue weighted by Gasteiger charge is -2.05. The molecule has 0 saturated heterocycles. The average Bonchev–Trinajstić information content (AvgIpc) is 2.44. The minimum absolute atomic E-state index is 0.00986. The van der Waals surface area contributed by atoms with Gasteiger partial charge in [-0.25, -0.2) is 8.78 Å². The summed E-state index contributed by atoms with van der Waals surface area (Å²) in [7, 11) is 0. The number of nitro benzene ring substituents is 1. The lowest BCUT2D eigenvalue weighted by molar-refractivity contribution is -0.384. The molecule has 0 bridgehead atoms. The van der Waals surface area contributed by atoms with E-state index in [2.05, 4.69) is 5.32 Å². The fourth-order valence-corrected chi connectivity index (χ4v) is 2.33.